The molecule has 0 radical (unpaired) electrons. The van der Waals surface area contributed by atoms with E-state index in [9.17, 15) is 4.79 Å². The Kier molecular flexibility index (Phi) is 7.45. The molecule has 182 valence electrons. The number of nitrogens with one attached hydrogen (secondary N) is 1. The Labute approximate surface area is 195 Å². The van der Waals surface area contributed by atoms with Gasteiger partial charge in [-0.3, -0.25) is 9.69 Å². The molecule has 4 saturated carbocycles. The van der Waals surface area contributed by atoms with Gasteiger partial charge in [0.1, 0.15) is 0 Å². The van der Waals surface area contributed by atoms with Crippen LogP contribution in [-0.4, -0.2) is 48.1 Å². The van der Waals surface area contributed by atoms with E-state index in [2.05, 4.69) is 10.2 Å². The lowest BCUT2D eigenvalue weighted by molar-refractivity contribution is -0.127. The Balaban J connectivity index is 1.30. The van der Waals surface area contributed by atoms with Crippen molar-refractivity contribution in [3.8, 4) is 0 Å². The van der Waals surface area contributed by atoms with E-state index in [1.807, 2.05) is 0 Å². The SMILES string of the molecule is NCC1CCC2CC(C(=O)NC3CCC(N)CC3)N(CC3CCCC4CCCCC43)C2C1. The molecule has 0 spiro atoms. The van der Waals surface area contributed by atoms with Gasteiger partial charge in [-0.25, -0.2) is 0 Å². The fraction of sp³-hybridized carbons (Fsp3) is 0.963. The molecule has 32 heavy (non-hydrogen) atoms. The predicted octanol–water partition coefficient (Wildman–Crippen LogP) is 3.80. The van der Waals surface area contributed by atoms with E-state index >= 15 is 0 Å². The number of nitrogens with two attached hydrogens (primary N) is 2. The van der Waals surface area contributed by atoms with Crippen LogP contribution in [0.1, 0.15) is 96.3 Å². The summed E-state index contributed by atoms with van der Waals surface area (Å²) in [5.41, 5.74) is 12.2. The summed E-state index contributed by atoms with van der Waals surface area (Å²) in [7, 11) is 0. The summed E-state index contributed by atoms with van der Waals surface area (Å²) in [6.45, 7) is 1.97. The molecule has 5 rings (SSSR count). The first kappa shape index (κ1) is 23.1. The summed E-state index contributed by atoms with van der Waals surface area (Å²) in [5, 5.41) is 3.48. The van der Waals surface area contributed by atoms with E-state index in [0.717, 1.165) is 62.9 Å². The second kappa shape index (κ2) is 10.3. The number of amides is 1. The van der Waals surface area contributed by atoms with Gasteiger partial charge in [0.2, 0.25) is 5.91 Å². The highest BCUT2D eigenvalue weighted by molar-refractivity contribution is 5.82. The van der Waals surface area contributed by atoms with Gasteiger partial charge in [0.25, 0.3) is 0 Å². The third kappa shape index (κ3) is 4.90. The minimum Gasteiger partial charge on any atom is -0.352 e. The van der Waals surface area contributed by atoms with Crippen LogP contribution in [0.3, 0.4) is 0 Å². The summed E-state index contributed by atoms with van der Waals surface area (Å²) in [6, 6.07) is 1.33. The molecule has 7 unspecified atom stereocenters. The second-order valence-electron chi connectivity index (χ2n) is 12.2. The highest BCUT2D eigenvalue weighted by Gasteiger charge is 2.48. The van der Waals surface area contributed by atoms with Crippen LogP contribution < -0.4 is 16.8 Å². The zero-order valence-corrected chi connectivity index (χ0v) is 20.2. The molecule has 5 heteroatoms. The fourth-order valence-electron chi connectivity index (χ4n) is 8.49. The second-order valence-corrected chi connectivity index (χ2v) is 12.2. The van der Waals surface area contributed by atoms with E-state index in [0.29, 0.717) is 35.9 Å². The van der Waals surface area contributed by atoms with Crippen LogP contribution in [0.25, 0.3) is 0 Å². The molecule has 7 atom stereocenters. The van der Waals surface area contributed by atoms with Crippen LogP contribution in [0.5, 0.6) is 0 Å². The molecule has 0 aromatic carbocycles. The third-order valence-corrected chi connectivity index (χ3v) is 10.3. The first-order chi connectivity index (χ1) is 15.6. The summed E-state index contributed by atoms with van der Waals surface area (Å²) >= 11 is 0. The molecule has 0 aromatic rings. The monoisotopic (exact) mass is 444 g/mol. The maximum atomic E-state index is 13.6. The number of nitrogens with zero attached hydrogens (tertiary/aromatic N) is 1. The van der Waals surface area contributed by atoms with Gasteiger partial charge in [-0.05, 0) is 100 Å². The molecule has 5 fully saturated rings. The first-order valence-electron chi connectivity index (χ1n) is 14.1. The number of rotatable bonds is 5. The fourth-order valence-corrected chi connectivity index (χ4v) is 8.49. The number of fused-ring (bicyclic) bond motifs is 2. The molecule has 1 aliphatic heterocycles. The normalized spacial score (nSPS) is 45.1. The lowest BCUT2D eigenvalue weighted by atomic mass is 9.65. The smallest absolute Gasteiger partial charge is 0.237 e. The lowest BCUT2D eigenvalue weighted by Crippen LogP contribution is -2.53. The standard InChI is InChI=1S/C27H48N4O/c28-16-18-8-9-20-15-26(27(32)30-23-12-10-22(29)11-13-23)31(25(20)14-18)17-21-6-3-5-19-4-1-2-7-24(19)21/h18-26H,1-17,28-29H2,(H,30,32). The first-order valence-corrected chi connectivity index (χ1v) is 14.1. The van der Waals surface area contributed by atoms with Crippen LogP contribution in [-0.2, 0) is 4.79 Å². The maximum absolute atomic E-state index is 13.6. The molecular weight excluding hydrogens is 396 g/mol. The third-order valence-electron chi connectivity index (χ3n) is 10.3. The molecular formula is C27H48N4O. The minimum atomic E-state index is 0.0843. The molecule has 1 saturated heterocycles. The van der Waals surface area contributed by atoms with Crippen LogP contribution in [0.2, 0.25) is 0 Å². The highest BCUT2D eigenvalue weighted by Crippen LogP contribution is 2.47. The number of carbonyl (C=O) groups excluding carboxylic acids is 1. The molecule has 0 aromatic heterocycles. The lowest BCUT2D eigenvalue weighted by Gasteiger charge is -2.45. The maximum Gasteiger partial charge on any atom is 0.237 e. The van der Waals surface area contributed by atoms with Crippen LogP contribution in [0.4, 0.5) is 0 Å². The predicted molar refractivity (Wildman–Crippen MR) is 130 cm³/mol. The van der Waals surface area contributed by atoms with Crippen molar-refractivity contribution in [3.05, 3.63) is 0 Å². The van der Waals surface area contributed by atoms with Crippen molar-refractivity contribution >= 4 is 5.91 Å². The van der Waals surface area contributed by atoms with E-state index in [-0.39, 0.29) is 6.04 Å². The number of hydrogen-bond acceptors (Lipinski definition) is 4. The van der Waals surface area contributed by atoms with Gasteiger partial charge in [-0.2, -0.15) is 0 Å². The zero-order chi connectivity index (χ0) is 22.1. The summed E-state index contributed by atoms with van der Waals surface area (Å²) in [4.78, 5) is 16.3. The Hall–Kier alpha value is -0.650. The van der Waals surface area contributed by atoms with Crippen molar-refractivity contribution in [1.82, 2.24) is 10.2 Å². The van der Waals surface area contributed by atoms with Gasteiger partial charge in [-0.1, -0.05) is 32.1 Å². The molecule has 5 nitrogen and oxygen atoms in total. The zero-order valence-electron chi connectivity index (χ0n) is 20.2. The van der Waals surface area contributed by atoms with Crippen molar-refractivity contribution in [2.75, 3.05) is 13.1 Å². The van der Waals surface area contributed by atoms with Crippen molar-refractivity contribution in [2.24, 2.45) is 41.1 Å². The quantitative estimate of drug-likeness (QED) is 0.602. The van der Waals surface area contributed by atoms with Gasteiger partial charge in [0.15, 0.2) is 0 Å². The van der Waals surface area contributed by atoms with Crippen LogP contribution in [0, 0.1) is 29.6 Å². The minimum absolute atomic E-state index is 0.0843. The molecule has 1 amide bonds. The number of likely N-dealkylation sites (tertiary alicyclic amines) is 1. The number of carbonyl (C=O) groups is 1. The van der Waals surface area contributed by atoms with Gasteiger partial charge in [0.05, 0.1) is 6.04 Å². The van der Waals surface area contributed by atoms with Gasteiger partial charge in [-0.15, -0.1) is 0 Å². The van der Waals surface area contributed by atoms with Crippen molar-refractivity contribution in [3.63, 3.8) is 0 Å². The Morgan fingerprint density at radius 1 is 0.844 bits per heavy atom. The summed E-state index contributed by atoms with van der Waals surface area (Å²) < 4.78 is 0. The number of hydrogen-bond donors (Lipinski definition) is 3. The molecule has 4 aliphatic carbocycles. The van der Waals surface area contributed by atoms with Crippen LogP contribution >= 0.6 is 0 Å². The van der Waals surface area contributed by atoms with Crippen molar-refractivity contribution in [2.45, 2.75) is 120 Å². The van der Waals surface area contributed by atoms with E-state index in [1.54, 1.807) is 0 Å². The van der Waals surface area contributed by atoms with E-state index in [4.69, 9.17) is 11.5 Å². The highest BCUT2D eigenvalue weighted by atomic mass is 16.2. The largest absolute Gasteiger partial charge is 0.352 e. The van der Waals surface area contributed by atoms with Crippen LogP contribution in [0.15, 0.2) is 0 Å². The molecule has 1 heterocycles. The Morgan fingerprint density at radius 2 is 1.62 bits per heavy atom. The summed E-state index contributed by atoms with van der Waals surface area (Å²) in [6.07, 6.45) is 19.0. The molecule has 5 aliphatic rings. The summed E-state index contributed by atoms with van der Waals surface area (Å²) in [5.74, 6) is 4.33. The van der Waals surface area contributed by atoms with Gasteiger partial charge in [0, 0.05) is 24.7 Å². The van der Waals surface area contributed by atoms with Gasteiger partial charge >= 0.3 is 0 Å². The molecule has 5 N–H and O–H groups in total. The van der Waals surface area contributed by atoms with Crippen molar-refractivity contribution in [1.29, 1.82) is 0 Å². The Bertz CT molecular complexity index is 631. The Morgan fingerprint density at radius 3 is 2.44 bits per heavy atom. The average Bonchev–Trinajstić information content (AvgIpc) is 3.18. The topological polar surface area (TPSA) is 84.4 Å². The van der Waals surface area contributed by atoms with E-state index < -0.39 is 0 Å². The van der Waals surface area contributed by atoms with Crippen molar-refractivity contribution < 1.29 is 4.79 Å². The average molecular weight is 445 g/mol. The molecule has 0 bridgehead atoms. The van der Waals surface area contributed by atoms with Gasteiger partial charge < -0.3 is 16.8 Å². The van der Waals surface area contributed by atoms with E-state index in [1.165, 1.54) is 64.2 Å².